The first-order valence-corrected chi connectivity index (χ1v) is 10.4. The van der Waals surface area contributed by atoms with Crippen molar-refractivity contribution in [3.05, 3.63) is 53.4 Å². The average Bonchev–Trinajstić information content (AvgIpc) is 3.19. The molecule has 2 amide bonds. The van der Waals surface area contributed by atoms with Crippen molar-refractivity contribution in [2.24, 2.45) is 0 Å². The first-order valence-electron chi connectivity index (χ1n) is 9.35. The summed E-state index contributed by atoms with van der Waals surface area (Å²) in [7, 11) is 0. The number of thioether (sulfide) groups is 1. The summed E-state index contributed by atoms with van der Waals surface area (Å²) in [6.45, 7) is 1.36. The molecule has 1 aromatic carbocycles. The zero-order valence-electron chi connectivity index (χ0n) is 17.4. The van der Waals surface area contributed by atoms with Gasteiger partial charge in [-0.3, -0.25) is 14.5 Å². The molecule has 0 saturated carbocycles. The van der Waals surface area contributed by atoms with Crippen LogP contribution in [0.5, 0.6) is 11.6 Å². The van der Waals surface area contributed by atoms with Gasteiger partial charge >= 0.3 is 29.6 Å². The first kappa shape index (κ1) is 24.2. The minimum Gasteiger partial charge on any atom is -0.543 e. The van der Waals surface area contributed by atoms with E-state index in [1.54, 1.807) is 37.3 Å². The van der Waals surface area contributed by atoms with Gasteiger partial charge < -0.3 is 29.2 Å². The van der Waals surface area contributed by atoms with E-state index in [0.717, 1.165) is 4.90 Å². The number of aryl methyl sites for hydroxylation is 1. The van der Waals surface area contributed by atoms with Crippen LogP contribution in [-0.2, 0) is 14.4 Å². The van der Waals surface area contributed by atoms with Crippen molar-refractivity contribution >= 4 is 29.5 Å². The molecule has 1 aromatic heterocycles. The van der Waals surface area contributed by atoms with Gasteiger partial charge in [-0.1, -0.05) is 18.2 Å². The number of hydrogen-bond acceptors (Lipinski definition) is 9. The molecule has 1 saturated heterocycles. The van der Waals surface area contributed by atoms with Crippen molar-refractivity contribution in [1.29, 1.82) is 0 Å². The standard InChI is InChI=1S/C20H19N3O7S.Na/c1-11-7-15(22-30-11)29-8-12-10-31-19-16(18(25)23(19)17(12)20(26)27)21-14(24)9-28-13-5-3-2-4-6-13;/h2-7,16,19H,8-10H2,1H3,(H,21,24)(H,26,27);/q;+1/p-1/t16?,19-;/m1./s1. The Hall–Kier alpha value is -2.47. The number of hydrogen-bond donors (Lipinski definition) is 1. The number of benzene rings is 1. The summed E-state index contributed by atoms with van der Waals surface area (Å²) in [5, 5.41) is 17.5. The van der Waals surface area contributed by atoms with E-state index in [2.05, 4.69) is 10.5 Å². The quantitative estimate of drug-likeness (QED) is 0.316. The van der Waals surface area contributed by atoms with Crippen LogP contribution < -0.4 is 49.5 Å². The number of nitrogens with zero attached hydrogens (tertiary/aromatic N) is 2. The van der Waals surface area contributed by atoms with Gasteiger partial charge in [0.1, 0.15) is 29.5 Å². The summed E-state index contributed by atoms with van der Waals surface area (Å²) in [5.74, 6) is -0.896. The number of carboxylic acid groups (broad SMARTS) is 1. The second-order valence-corrected chi connectivity index (χ2v) is 7.97. The number of carboxylic acids is 1. The molecule has 2 aliphatic heterocycles. The summed E-state index contributed by atoms with van der Waals surface area (Å²) >= 11 is 1.33. The fourth-order valence-corrected chi connectivity index (χ4v) is 4.56. The van der Waals surface area contributed by atoms with Gasteiger partial charge in [0, 0.05) is 17.4 Å². The SMILES string of the molecule is Cc1cc(OCC2=C(C(=O)[O-])N3C(=O)C(NC(=O)COc4ccccc4)[C@H]3SC2)no1.[Na+]. The van der Waals surface area contributed by atoms with Gasteiger partial charge in [0.05, 0.1) is 11.7 Å². The molecular weight excluding hydrogens is 449 g/mol. The number of para-hydroxylation sites is 1. The van der Waals surface area contributed by atoms with E-state index >= 15 is 0 Å². The molecule has 1 N–H and O–H groups in total. The van der Waals surface area contributed by atoms with Gasteiger partial charge in [0.2, 0.25) is 0 Å². The van der Waals surface area contributed by atoms with Gasteiger partial charge in [-0.05, 0) is 24.2 Å². The second kappa shape index (κ2) is 10.4. The molecule has 4 rings (SSSR count). The largest absolute Gasteiger partial charge is 1.00 e. The van der Waals surface area contributed by atoms with Crippen LogP contribution in [0.1, 0.15) is 5.76 Å². The van der Waals surface area contributed by atoms with Gasteiger partial charge in [-0.2, -0.15) is 0 Å². The van der Waals surface area contributed by atoms with Crippen LogP contribution in [0.25, 0.3) is 0 Å². The molecule has 10 nitrogen and oxygen atoms in total. The van der Waals surface area contributed by atoms with Crippen molar-refractivity contribution in [2.75, 3.05) is 19.0 Å². The molecule has 1 unspecified atom stereocenters. The summed E-state index contributed by atoms with van der Waals surface area (Å²) in [6.07, 6.45) is 0. The summed E-state index contributed by atoms with van der Waals surface area (Å²) < 4.78 is 15.7. The number of ether oxygens (including phenoxy) is 2. The van der Waals surface area contributed by atoms with Crippen LogP contribution in [-0.4, -0.2) is 58.2 Å². The molecule has 2 aliphatic rings. The number of carbonyl (C=O) groups is 3. The maximum absolute atomic E-state index is 12.6. The maximum atomic E-state index is 12.6. The zero-order chi connectivity index (χ0) is 22.0. The second-order valence-electron chi connectivity index (χ2n) is 6.86. The Balaban J connectivity index is 0.00000289. The van der Waals surface area contributed by atoms with Crippen molar-refractivity contribution in [2.45, 2.75) is 18.3 Å². The van der Waals surface area contributed by atoms with Crippen LogP contribution in [0.4, 0.5) is 0 Å². The normalized spacial score (nSPS) is 19.4. The zero-order valence-corrected chi connectivity index (χ0v) is 20.2. The van der Waals surface area contributed by atoms with Gasteiger partial charge in [0.25, 0.3) is 17.7 Å². The van der Waals surface area contributed by atoms with Crippen LogP contribution in [0, 0.1) is 6.92 Å². The van der Waals surface area contributed by atoms with Crippen LogP contribution in [0.3, 0.4) is 0 Å². The number of nitrogens with one attached hydrogen (secondary N) is 1. The Kier molecular flexibility index (Phi) is 7.88. The van der Waals surface area contributed by atoms with E-state index in [4.69, 9.17) is 14.0 Å². The molecule has 162 valence electrons. The number of rotatable bonds is 8. The number of amides is 2. The summed E-state index contributed by atoms with van der Waals surface area (Å²) in [6, 6.07) is 9.52. The number of aliphatic carboxylic acids is 1. The molecule has 0 spiro atoms. The Labute approximate surface area is 209 Å². The first-order chi connectivity index (χ1) is 14.9. The minimum atomic E-state index is -1.48. The van der Waals surface area contributed by atoms with Crippen LogP contribution >= 0.6 is 11.8 Å². The minimum absolute atomic E-state index is 0. The Bertz CT molecular complexity index is 1040. The van der Waals surface area contributed by atoms with E-state index in [0.29, 0.717) is 22.8 Å². The third kappa shape index (κ3) is 5.12. The third-order valence-electron chi connectivity index (χ3n) is 4.67. The molecule has 0 aliphatic carbocycles. The predicted octanol–water partition coefficient (Wildman–Crippen LogP) is -3.15. The van der Waals surface area contributed by atoms with E-state index in [1.807, 2.05) is 6.07 Å². The van der Waals surface area contributed by atoms with E-state index in [1.165, 1.54) is 11.8 Å². The van der Waals surface area contributed by atoms with Crippen molar-refractivity contribution < 1.29 is 63.0 Å². The molecule has 2 aromatic rings. The van der Waals surface area contributed by atoms with Gasteiger partial charge in [0.15, 0.2) is 6.61 Å². The molecule has 0 bridgehead atoms. The fraction of sp³-hybridized carbons (Fsp3) is 0.300. The number of β-lactam (4-membered cyclic amide) rings is 1. The molecule has 3 heterocycles. The number of fused-ring (bicyclic) bond motifs is 1. The number of carbonyl (C=O) groups excluding carboxylic acids is 3. The molecule has 12 heteroatoms. The molecule has 2 atom stereocenters. The molecule has 0 radical (unpaired) electrons. The molecular formula is C20H18N3NaO7S. The molecule has 1 fully saturated rings. The monoisotopic (exact) mass is 467 g/mol. The summed E-state index contributed by atoms with van der Waals surface area (Å²) in [5.41, 5.74) is 0.146. The van der Waals surface area contributed by atoms with Gasteiger partial charge in [-0.15, -0.1) is 11.8 Å². The Morgan fingerprint density at radius 3 is 2.72 bits per heavy atom. The Morgan fingerprint density at radius 1 is 1.31 bits per heavy atom. The predicted molar refractivity (Wildman–Crippen MR) is 106 cm³/mol. The van der Waals surface area contributed by atoms with E-state index in [9.17, 15) is 19.5 Å². The Morgan fingerprint density at radius 2 is 2.06 bits per heavy atom. The van der Waals surface area contributed by atoms with Gasteiger partial charge in [-0.25, -0.2) is 0 Å². The van der Waals surface area contributed by atoms with E-state index < -0.39 is 29.2 Å². The van der Waals surface area contributed by atoms with E-state index in [-0.39, 0.29) is 54.3 Å². The topological polar surface area (TPSA) is 134 Å². The smallest absolute Gasteiger partial charge is 0.543 e. The van der Waals surface area contributed by atoms with Crippen molar-refractivity contribution in [3.8, 4) is 11.6 Å². The van der Waals surface area contributed by atoms with Crippen molar-refractivity contribution in [3.63, 3.8) is 0 Å². The fourth-order valence-electron chi connectivity index (χ4n) is 3.24. The maximum Gasteiger partial charge on any atom is 1.00 e. The molecule has 32 heavy (non-hydrogen) atoms. The third-order valence-corrected chi connectivity index (χ3v) is 6.01. The van der Waals surface area contributed by atoms with Crippen molar-refractivity contribution in [1.82, 2.24) is 15.4 Å². The van der Waals surface area contributed by atoms with Crippen LogP contribution in [0.15, 0.2) is 52.2 Å². The summed E-state index contributed by atoms with van der Waals surface area (Å²) in [4.78, 5) is 37.7. The number of aromatic nitrogens is 1. The average molecular weight is 467 g/mol. The van der Waals surface area contributed by atoms with Crippen LogP contribution in [0.2, 0.25) is 0 Å².